The predicted molar refractivity (Wildman–Crippen MR) is 74.7 cm³/mol. The number of carbonyl (C=O) groups excluding carboxylic acids is 1. The van der Waals surface area contributed by atoms with Gasteiger partial charge in [-0.2, -0.15) is 0 Å². The van der Waals surface area contributed by atoms with E-state index in [4.69, 9.17) is 9.84 Å². The van der Waals surface area contributed by atoms with E-state index in [-0.39, 0.29) is 18.9 Å². The molecule has 0 aliphatic carbocycles. The summed E-state index contributed by atoms with van der Waals surface area (Å²) in [4.78, 5) is 23.8. The smallest absolute Gasteiger partial charge is 0.333 e. The van der Waals surface area contributed by atoms with Crippen molar-refractivity contribution in [3.63, 3.8) is 0 Å². The Bertz CT molecular complexity index is 641. The highest BCUT2D eigenvalue weighted by Gasteiger charge is 2.23. The van der Waals surface area contributed by atoms with Crippen LogP contribution in [0.2, 0.25) is 0 Å². The van der Waals surface area contributed by atoms with Crippen molar-refractivity contribution in [3.8, 4) is 0 Å². The van der Waals surface area contributed by atoms with Gasteiger partial charge in [-0.3, -0.25) is 4.79 Å². The Morgan fingerprint density at radius 1 is 1.32 bits per heavy atom. The maximum atomic E-state index is 12.1. The van der Waals surface area contributed by atoms with E-state index < -0.39 is 18.0 Å². The van der Waals surface area contributed by atoms with Crippen molar-refractivity contribution in [2.24, 2.45) is 0 Å². The van der Waals surface area contributed by atoms with E-state index in [2.05, 4.69) is 15.4 Å². The molecular weight excluding hydrogens is 288 g/mol. The molecule has 0 amide bonds. The van der Waals surface area contributed by atoms with E-state index in [1.807, 2.05) is 30.3 Å². The second-order valence-corrected chi connectivity index (χ2v) is 4.61. The van der Waals surface area contributed by atoms with E-state index in [1.54, 1.807) is 6.92 Å². The quantitative estimate of drug-likeness (QED) is 0.760. The van der Waals surface area contributed by atoms with Crippen molar-refractivity contribution in [2.75, 3.05) is 0 Å². The summed E-state index contributed by atoms with van der Waals surface area (Å²) in [5.41, 5.74) is 0.879. The number of aliphatic carboxylic acids is 1. The molecule has 0 saturated carbocycles. The van der Waals surface area contributed by atoms with Gasteiger partial charge < -0.3 is 9.84 Å². The van der Waals surface area contributed by atoms with Crippen molar-refractivity contribution >= 4 is 11.9 Å². The number of esters is 1. The summed E-state index contributed by atoms with van der Waals surface area (Å²) in [6, 6.07) is 8.58. The molecule has 0 bridgehead atoms. The Kier molecular flexibility index (Phi) is 5.18. The third-order valence-corrected chi connectivity index (χ3v) is 2.94. The summed E-state index contributed by atoms with van der Waals surface area (Å²) in [6.07, 6.45) is 0.0754. The van der Waals surface area contributed by atoms with Crippen LogP contribution in [0.5, 0.6) is 0 Å². The minimum absolute atomic E-state index is 0.0572. The normalized spacial score (nSPS) is 11.9. The maximum Gasteiger partial charge on any atom is 0.333 e. The fourth-order valence-electron chi connectivity index (χ4n) is 1.84. The number of carboxylic acids is 1. The van der Waals surface area contributed by atoms with Gasteiger partial charge in [0.05, 0.1) is 0 Å². The molecule has 1 aromatic carbocycles. The lowest BCUT2D eigenvalue weighted by Gasteiger charge is -2.12. The highest BCUT2D eigenvalue weighted by molar-refractivity contribution is 5.73. The van der Waals surface area contributed by atoms with Gasteiger partial charge in [0.25, 0.3) is 0 Å². The molecule has 2 aromatic rings. The molecule has 1 aromatic heterocycles. The van der Waals surface area contributed by atoms with Crippen molar-refractivity contribution in [1.29, 1.82) is 0 Å². The Hall–Kier alpha value is -2.77. The summed E-state index contributed by atoms with van der Waals surface area (Å²) in [6.45, 7) is 1.95. The van der Waals surface area contributed by atoms with Gasteiger partial charge in [-0.1, -0.05) is 37.3 Å². The number of rotatable bonds is 7. The van der Waals surface area contributed by atoms with Crippen LogP contribution >= 0.6 is 0 Å². The van der Waals surface area contributed by atoms with Crippen LogP contribution in [0.1, 0.15) is 30.8 Å². The first-order valence-corrected chi connectivity index (χ1v) is 6.81. The van der Waals surface area contributed by atoms with Crippen molar-refractivity contribution < 1.29 is 19.4 Å². The number of aromatic nitrogens is 4. The zero-order valence-corrected chi connectivity index (χ0v) is 12.0. The molecule has 116 valence electrons. The first-order valence-electron chi connectivity index (χ1n) is 6.81. The number of carboxylic acid groups (broad SMARTS) is 1. The van der Waals surface area contributed by atoms with E-state index in [9.17, 15) is 9.59 Å². The summed E-state index contributed by atoms with van der Waals surface area (Å²) in [5.74, 6) is -1.48. The Morgan fingerprint density at radius 3 is 2.68 bits per heavy atom. The topological polar surface area (TPSA) is 107 Å². The molecule has 0 spiro atoms. The number of hydrogen-bond donors (Lipinski definition) is 1. The van der Waals surface area contributed by atoms with Crippen molar-refractivity contribution in [2.45, 2.75) is 32.4 Å². The van der Waals surface area contributed by atoms with Gasteiger partial charge in [-0.05, 0) is 17.2 Å². The molecule has 1 N–H and O–H groups in total. The van der Waals surface area contributed by atoms with Gasteiger partial charge in [-0.15, -0.1) is 15.0 Å². The monoisotopic (exact) mass is 304 g/mol. The average Bonchev–Trinajstić information content (AvgIpc) is 2.94. The molecule has 1 unspecified atom stereocenters. The van der Waals surface area contributed by atoms with E-state index in [0.717, 1.165) is 10.4 Å². The van der Waals surface area contributed by atoms with Crippen LogP contribution in [-0.4, -0.2) is 37.3 Å². The number of ether oxygens (including phenoxy) is 1. The molecule has 8 nitrogen and oxygen atoms in total. The lowest BCUT2D eigenvalue weighted by atomic mass is 10.2. The van der Waals surface area contributed by atoms with Crippen molar-refractivity contribution in [1.82, 2.24) is 20.2 Å². The molecule has 1 atom stereocenters. The minimum Gasteiger partial charge on any atom is -0.481 e. The number of hydrogen-bond acceptors (Lipinski definition) is 6. The SMILES string of the molecule is CCC(C(=O)OCc1ccccc1)n1nnc(CC(=O)O)n1. The van der Waals surface area contributed by atoms with Gasteiger partial charge in [0.15, 0.2) is 11.9 Å². The lowest BCUT2D eigenvalue weighted by Crippen LogP contribution is -2.23. The number of nitrogens with zero attached hydrogens (tertiary/aromatic N) is 4. The summed E-state index contributed by atoms with van der Waals surface area (Å²) < 4.78 is 5.24. The average molecular weight is 304 g/mol. The molecule has 8 heteroatoms. The minimum atomic E-state index is -1.06. The van der Waals surface area contributed by atoms with Gasteiger partial charge in [0.1, 0.15) is 13.0 Å². The van der Waals surface area contributed by atoms with Crippen LogP contribution in [0.15, 0.2) is 30.3 Å². The van der Waals surface area contributed by atoms with Crippen molar-refractivity contribution in [3.05, 3.63) is 41.7 Å². The number of tetrazole rings is 1. The maximum absolute atomic E-state index is 12.1. The van der Waals surface area contributed by atoms with Gasteiger partial charge in [-0.25, -0.2) is 4.79 Å². The van der Waals surface area contributed by atoms with E-state index >= 15 is 0 Å². The fourth-order valence-corrected chi connectivity index (χ4v) is 1.84. The summed E-state index contributed by atoms with van der Waals surface area (Å²) in [7, 11) is 0. The van der Waals surface area contributed by atoms with Crippen LogP contribution in [0.25, 0.3) is 0 Å². The molecule has 0 saturated heterocycles. The molecule has 0 aliphatic heterocycles. The third kappa shape index (κ3) is 4.11. The van der Waals surface area contributed by atoms with Crippen LogP contribution < -0.4 is 0 Å². The molecule has 1 heterocycles. The zero-order valence-electron chi connectivity index (χ0n) is 12.0. The summed E-state index contributed by atoms with van der Waals surface area (Å²) >= 11 is 0. The molecular formula is C14H16N4O4. The van der Waals surface area contributed by atoms with Crippen LogP contribution in [-0.2, 0) is 27.4 Å². The largest absolute Gasteiger partial charge is 0.481 e. The molecule has 0 aliphatic rings. The Balaban J connectivity index is 1.99. The molecule has 0 radical (unpaired) electrons. The predicted octanol–water partition coefficient (Wildman–Crippen LogP) is 0.995. The molecule has 0 fully saturated rings. The van der Waals surface area contributed by atoms with Gasteiger partial charge >= 0.3 is 11.9 Å². The second-order valence-electron chi connectivity index (χ2n) is 4.61. The molecule has 22 heavy (non-hydrogen) atoms. The first kappa shape index (κ1) is 15.6. The van der Waals surface area contributed by atoms with Crippen LogP contribution in [0.4, 0.5) is 0 Å². The highest BCUT2D eigenvalue weighted by Crippen LogP contribution is 2.12. The standard InChI is InChI=1S/C14H16N4O4/c1-2-11(18-16-12(15-17-18)8-13(19)20)14(21)22-9-10-6-4-3-5-7-10/h3-7,11H,2,8-9H2,1H3,(H,19,20). The van der Waals surface area contributed by atoms with Crippen LogP contribution in [0.3, 0.4) is 0 Å². The zero-order chi connectivity index (χ0) is 15.9. The lowest BCUT2D eigenvalue weighted by molar-refractivity contribution is -0.150. The number of carbonyl (C=O) groups is 2. The fraction of sp³-hybridized carbons (Fsp3) is 0.357. The Morgan fingerprint density at radius 2 is 2.05 bits per heavy atom. The third-order valence-electron chi connectivity index (χ3n) is 2.94. The van der Waals surface area contributed by atoms with E-state index in [0.29, 0.717) is 6.42 Å². The highest BCUT2D eigenvalue weighted by atomic mass is 16.5. The molecule has 2 rings (SSSR count). The van der Waals surface area contributed by atoms with Gasteiger partial charge in [0.2, 0.25) is 0 Å². The first-order chi connectivity index (χ1) is 10.6. The number of benzene rings is 1. The van der Waals surface area contributed by atoms with Gasteiger partial charge in [0, 0.05) is 0 Å². The Labute approximate surface area is 126 Å². The second kappa shape index (κ2) is 7.30. The van der Waals surface area contributed by atoms with Crippen LogP contribution in [0, 0.1) is 0 Å². The summed E-state index contributed by atoms with van der Waals surface area (Å²) in [5, 5.41) is 19.9. The van der Waals surface area contributed by atoms with E-state index in [1.165, 1.54) is 0 Å².